The number of aliphatic carboxylic acids is 1. The molecule has 17 heteroatoms. The van der Waals surface area contributed by atoms with Crippen LogP contribution in [0, 0.1) is 6.92 Å². The van der Waals surface area contributed by atoms with Crippen LogP contribution in [0.3, 0.4) is 0 Å². The first kappa shape index (κ1) is 49.3. The molecule has 5 aromatic rings. The Balaban J connectivity index is 0.000000641. The van der Waals surface area contributed by atoms with Crippen molar-refractivity contribution in [3.63, 3.8) is 0 Å². The van der Waals surface area contributed by atoms with Gasteiger partial charge in [0, 0.05) is 62.7 Å². The van der Waals surface area contributed by atoms with Gasteiger partial charge in [-0.15, -0.1) is 0 Å². The maximum absolute atomic E-state index is 13.4. The number of aryl methyl sites for hydroxylation is 1. The summed E-state index contributed by atoms with van der Waals surface area (Å²) in [6.07, 6.45) is 3.88. The molecule has 0 radical (unpaired) electrons. The van der Waals surface area contributed by atoms with Crippen LogP contribution >= 0.6 is 21.4 Å². The predicted molar refractivity (Wildman–Crippen MR) is 244 cm³/mol. The number of nitrogens with one attached hydrogen (secondary N) is 3. The number of hydrogen-bond acceptors (Lipinski definition) is 9. The topological polar surface area (TPSA) is 171 Å². The third kappa shape index (κ3) is 17.7. The molecule has 14 nitrogen and oxygen atoms in total. The van der Waals surface area contributed by atoms with Crippen molar-refractivity contribution >= 4 is 76.6 Å². The molecule has 324 valence electrons. The van der Waals surface area contributed by atoms with Crippen LogP contribution in [0.2, 0.25) is 0 Å². The zero-order chi connectivity index (χ0) is 44.4. The average molecular weight is 884 g/mol. The predicted octanol–water partition coefficient (Wildman–Crippen LogP) is 8.99. The lowest BCUT2D eigenvalue weighted by Gasteiger charge is -2.15. The summed E-state index contributed by atoms with van der Waals surface area (Å²) < 4.78 is 17.1. The van der Waals surface area contributed by atoms with Crippen molar-refractivity contribution in [3.8, 4) is 11.4 Å². The molecule has 3 aromatic carbocycles. The molecule has 0 unspecified atom stereocenters. The number of hydrogen-bond donors (Lipinski definition) is 4. The van der Waals surface area contributed by atoms with Crippen LogP contribution in [0.25, 0.3) is 16.5 Å². The molecule has 0 spiro atoms. The van der Waals surface area contributed by atoms with E-state index in [9.17, 15) is 14.4 Å². The van der Waals surface area contributed by atoms with Crippen molar-refractivity contribution in [3.05, 3.63) is 102 Å². The zero-order valence-corrected chi connectivity index (χ0v) is 37.7. The third-order valence-corrected chi connectivity index (χ3v) is 8.62. The van der Waals surface area contributed by atoms with Gasteiger partial charge in [0.2, 0.25) is 15.1 Å². The van der Waals surface area contributed by atoms with E-state index in [1.165, 1.54) is 0 Å². The van der Waals surface area contributed by atoms with Crippen LogP contribution < -0.4 is 20.7 Å². The summed E-state index contributed by atoms with van der Waals surface area (Å²) in [5, 5.41) is 23.6. The minimum atomic E-state index is -1.67. The number of urea groups is 1. The van der Waals surface area contributed by atoms with E-state index in [0.29, 0.717) is 29.5 Å². The highest BCUT2D eigenvalue weighted by molar-refractivity contribution is 8.26. The van der Waals surface area contributed by atoms with Gasteiger partial charge in [-0.2, -0.15) is 5.10 Å². The molecule has 5 rings (SSSR count). The number of carboxylic acid groups (broad SMARTS) is 1. The number of carboxylic acids is 1. The minimum Gasteiger partial charge on any atom is -0.488 e. The van der Waals surface area contributed by atoms with Crippen molar-refractivity contribution in [2.24, 2.45) is 0 Å². The summed E-state index contributed by atoms with van der Waals surface area (Å²) in [5.74, 6) is 0.961. The maximum atomic E-state index is 13.4. The van der Waals surface area contributed by atoms with E-state index in [1.807, 2.05) is 119 Å². The van der Waals surface area contributed by atoms with Crippen LogP contribution in [-0.4, -0.2) is 93.1 Å². The molecule has 0 aliphatic carbocycles. The van der Waals surface area contributed by atoms with Crippen LogP contribution in [-0.2, 0) is 30.8 Å². The lowest BCUT2D eigenvalue weighted by atomic mass is 9.92. The van der Waals surface area contributed by atoms with E-state index in [-0.39, 0.29) is 30.4 Å². The lowest BCUT2D eigenvalue weighted by Crippen LogP contribution is -2.21. The van der Waals surface area contributed by atoms with E-state index in [2.05, 4.69) is 68.0 Å². The van der Waals surface area contributed by atoms with Gasteiger partial charge in [-0.05, 0) is 103 Å². The normalized spacial score (nSPS) is 11.1. The van der Waals surface area contributed by atoms with Crippen molar-refractivity contribution in [2.75, 3.05) is 57.2 Å². The quantitative estimate of drug-likeness (QED) is 0.0745. The van der Waals surface area contributed by atoms with Crippen LogP contribution in [0.5, 0.6) is 5.75 Å². The van der Waals surface area contributed by atoms with Crippen molar-refractivity contribution < 1.29 is 28.4 Å². The minimum absolute atomic E-state index is 0.0650. The van der Waals surface area contributed by atoms with Gasteiger partial charge >= 0.3 is 12.0 Å². The molecule has 4 N–H and O–H groups in total. The fourth-order valence-corrected chi connectivity index (χ4v) is 5.60. The zero-order valence-electron chi connectivity index (χ0n) is 35.4. The standard InChI is InChI=1S/C37H43N7O3.C6H13NO2.Cl2OS/c1-25-13-15-27(16-14-25)44-34(23-32(42-44)37(2,3)4)41-36(46)39-30-17-18-31(29-11-8-7-10-28(29)30)47-24-26-19-20-38-33(22-26)40-35(45)12-9-21-43(5)6;1-7(2)5-3-4-6(8)9;1-4(2)3/h7-8,10-11,13-20,22-23H,9,12,21,24H2,1-6H3,(H,38,40,45)(H2,39,41,46);3-5H2,1-2H3,(H,8,9);. The van der Waals surface area contributed by atoms with Crippen molar-refractivity contribution in [2.45, 2.75) is 65.4 Å². The van der Waals surface area contributed by atoms with Gasteiger partial charge in [0.1, 0.15) is 24.0 Å². The van der Waals surface area contributed by atoms with Gasteiger partial charge in [0.25, 0.3) is 0 Å². The first-order valence-electron chi connectivity index (χ1n) is 19.2. The summed E-state index contributed by atoms with van der Waals surface area (Å²) in [6.45, 7) is 10.3. The Morgan fingerprint density at radius 3 is 2.05 bits per heavy atom. The van der Waals surface area contributed by atoms with Gasteiger partial charge in [0.05, 0.1) is 17.1 Å². The number of amides is 3. The number of carbonyl (C=O) groups is 3. The maximum Gasteiger partial charge on any atom is 0.324 e. The lowest BCUT2D eigenvalue weighted by molar-refractivity contribution is -0.137. The summed E-state index contributed by atoms with van der Waals surface area (Å²) in [7, 11) is 15.2. The Kier molecular flexibility index (Phi) is 19.9. The van der Waals surface area contributed by atoms with Crippen molar-refractivity contribution in [1.82, 2.24) is 24.6 Å². The van der Waals surface area contributed by atoms with E-state index >= 15 is 0 Å². The van der Waals surface area contributed by atoms with E-state index in [0.717, 1.165) is 59.2 Å². The van der Waals surface area contributed by atoms with Gasteiger partial charge in [0.15, 0.2) is 0 Å². The summed E-state index contributed by atoms with van der Waals surface area (Å²) in [4.78, 5) is 44.0. The number of halogens is 2. The molecular formula is C43H56Cl2N8O6S. The Morgan fingerprint density at radius 1 is 0.833 bits per heavy atom. The second-order valence-electron chi connectivity index (χ2n) is 15.4. The highest BCUT2D eigenvalue weighted by Gasteiger charge is 2.22. The molecule has 0 saturated carbocycles. The SMILES string of the molecule is CN(C)CCCC(=O)O.Cc1ccc(-n2nc(C(C)(C)C)cc2NC(=O)Nc2ccc(OCc3ccnc(NC(=O)CCCN(C)C)c3)c3ccccc23)cc1.O=S(Cl)Cl. The van der Waals surface area contributed by atoms with Crippen molar-refractivity contribution in [1.29, 1.82) is 0 Å². The van der Waals surface area contributed by atoms with E-state index in [4.69, 9.17) is 19.2 Å². The summed E-state index contributed by atoms with van der Waals surface area (Å²) in [6, 6.07) is 24.7. The van der Waals surface area contributed by atoms with Crippen LogP contribution in [0.15, 0.2) is 85.1 Å². The van der Waals surface area contributed by atoms with Crippen LogP contribution in [0.4, 0.5) is 22.1 Å². The van der Waals surface area contributed by atoms with E-state index in [1.54, 1.807) is 10.9 Å². The second-order valence-corrected chi connectivity index (χ2v) is 18.0. The Morgan fingerprint density at radius 2 is 1.45 bits per heavy atom. The number of pyridine rings is 1. The number of rotatable bonds is 15. The fourth-order valence-electron chi connectivity index (χ4n) is 5.60. The largest absolute Gasteiger partial charge is 0.488 e. The smallest absolute Gasteiger partial charge is 0.324 e. The Hall–Kier alpha value is -5.06. The number of benzene rings is 3. The second kappa shape index (κ2) is 24.3. The molecule has 0 aliphatic rings. The first-order valence-corrected chi connectivity index (χ1v) is 22.0. The molecule has 0 saturated heterocycles. The Labute approximate surface area is 364 Å². The summed E-state index contributed by atoms with van der Waals surface area (Å²) >= 11 is 0. The van der Waals surface area contributed by atoms with Gasteiger partial charge in [-0.3, -0.25) is 14.9 Å². The van der Waals surface area contributed by atoms with Gasteiger partial charge < -0.3 is 30.3 Å². The molecule has 0 fully saturated rings. The molecule has 3 amide bonds. The average Bonchev–Trinajstić information content (AvgIpc) is 3.59. The molecule has 0 aliphatic heterocycles. The highest BCUT2D eigenvalue weighted by Crippen LogP contribution is 2.33. The fraction of sp³-hybridized carbons (Fsp3) is 0.372. The molecular weight excluding hydrogens is 827 g/mol. The molecule has 2 heterocycles. The highest BCUT2D eigenvalue weighted by atomic mass is 36.0. The summed E-state index contributed by atoms with van der Waals surface area (Å²) in [5.41, 5.74) is 4.18. The Bertz CT molecular complexity index is 2190. The number of ether oxygens (including phenoxy) is 1. The molecule has 0 bridgehead atoms. The number of aromatic nitrogens is 3. The number of anilines is 3. The molecule has 60 heavy (non-hydrogen) atoms. The molecule has 0 atom stereocenters. The van der Waals surface area contributed by atoms with Gasteiger partial charge in [-0.1, -0.05) is 62.7 Å². The number of fused-ring (bicyclic) bond motifs is 1. The third-order valence-electron chi connectivity index (χ3n) is 8.62. The molecule has 2 aromatic heterocycles. The number of carbonyl (C=O) groups excluding carboxylic acids is 2. The van der Waals surface area contributed by atoms with Crippen LogP contribution in [0.1, 0.15) is 63.3 Å². The first-order chi connectivity index (χ1) is 28.3. The number of nitrogens with zero attached hydrogens (tertiary/aromatic N) is 5. The van der Waals surface area contributed by atoms with Gasteiger partial charge in [-0.25, -0.2) is 18.7 Å². The van der Waals surface area contributed by atoms with E-state index < -0.39 is 15.2 Å². The monoisotopic (exact) mass is 882 g/mol.